The van der Waals surface area contributed by atoms with Crippen LogP contribution in [0.4, 0.5) is 0 Å². The molecule has 0 spiro atoms. The van der Waals surface area contributed by atoms with Gasteiger partial charge in [0.2, 0.25) is 0 Å². The van der Waals surface area contributed by atoms with Gasteiger partial charge in [-0.3, -0.25) is 9.59 Å². The number of ether oxygens (including phenoxy) is 2. The zero-order valence-electron chi connectivity index (χ0n) is 13.7. The Hall–Kier alpha value is -1.88. The second-order valence-electron chi connectivity index (χ2n) is 5.80. The van der Waals surface area contributed by atoms with Crippen molar-refractivity contribution in [3.63, 3.8) is 0 Å². The van der Waals surface area contributed by atoms with Gasteiger partial charge in [0.1, 0.15) is 12.7 Å². The van der Waals surface area contributed by atoms with Crippen molar-refractivity contribution in [2.45, 2.75) is 38.6 Å². The van der Waals surface area contributed by atoms with E-state index < -0.39 is 14.2 Å². The van der Waals surface area contributed by atoms with Crippen molar-refractivity contribution in [2.24, 2.45) is 0 Å². The smallest absolute Gasteiger partial charge is 0.303 e. The Bertz CT molecular complexity index is 525. The third-order valence-electron chi connectivity index (χ3n) is 3.77. The van der Waals surface area contributed by atoms with Gasteiger partial charge in [0.15, 0.2) is 0 Å². The monoisotopic (exact) mass is 320 g/mol. The van der Waals surface area contributed by atoms with Gasteiger partial charge in [-0.25, -0.2) is 0 Å². The molecule has 0 bridgehead atoms. The number of carbonyl (C=O) groups is 2. The van der Waals surface area contributed by atoms with Gasteiger partial charge in [-0.1, -0.05) is 54.7 Å². The summed E-state index contributed by atoms with van der Waals surface area (Å²) in [5, 5.41) is 1.24. The summed E-state index contributed by atoms with van der Waals surface area (Å²) in [6.45, 7) is 11.0. The minimum atomic E-state index is -2.00. The minimum absolute atomic E-state index is 0.0505. The van der Waals surface area contributed by atoms with Gasteiger partial charge in [-0.2, -0.15) is 0 Å². The summed E-state index contributed by atoms with van der Waals surface area (Å²) >= 11 is 0. The summed E-state index contributed by atoms with van der Waals surface area (Å²) in [5.41, 5.74) is -0.0573. The molecular weight excluding hydrogens is 296 g/mol. The molecule has 0 saturated heterocycles. The second-order valence-corrected chi connectivity index (χ2v) is 10.5. The maximum Gasteiger partial charge on any atom is 0.303 e. The summed E-state index contributed by atoms with van der Waals surface area (Å²) < 4.78 is 10.5. The molecule has 0 heterocycles. The SMILES string of the molecule is C=C[C@@H]([C@H](COC(C)=O)OC(C)=O)[Si](C)(C)c1ccccc1. The molecule has 0 aliphatic carbocycles. The van der Waals surface area contributed by atoms with Crippen LogP contribution in [0.25, 0.3) is 0 Å². The van der Waals surface area contributed by atoms with Crippen LogP contribution in [0.15, 0.2) is 43.0 Å². The number of esters is 2. The number of hydrogen-bond acceptors (Lipinski definition) is 4. The molecule has 0 amide bonds. The van der Waals surface area contributed by atoms with Crippen LogP contribution in [0.5, 0.6) is 0 Å². The normalized spacial score (nSPS) is 13.8. The topological polar surface area (TPSA) is 52.6 Å². The lowest BCUT2D eigenvalue weighted by molar-refractivity contribution is -0.156. The standard InChI is InChI=1S/C17H24O4Si/c1-6-17(16(21-14(3)19)12-20-13(2)18)22(4,5)15-10-8-7-9-11-15/h6-11,16-17H,1,12H2,2-5H3/t16-,17-/m0/s1. The van der Waals surface area contributed by atoms with Crippen LogP contribution < -0.4 is 5.19 Å². The van der Waals surface area contributed by atoms with Crippen molar-refractivity contribution in [3.8, 4) is 0 Å². The van der Waals surface area contributed by atoms with Crippen molar-refractivity contribution >= 4 is 25.2 Å². The lowest BCUT2D eigenvalue weighted by Crippen LogP contribution is -2.51. The van der Waals surface area contributed by atoms with Gasteiger partial charge in [-0.15, -0.1) is 6.58 Å². The number of carbonyl (C=O) groups excluding carboxylic acids is 2. The van der Waals surface area contributed by atoms with Crippen LogP contribution in [0.2, 0.25) is 18.6 Å². The summed E-state index contributed by atoms with van der Waals surface area (Å²) in [4.78, 5) is 22.5. The van der Waals surface area contributed by atoms with Crippen molar-refractivity contribution in [2.75, 3.05) is 6.61 Å². The van der Waals surface area contributed by atoms with E-state index >= 15 is 0 Å². The maximum absolute atomic E-state index is 11.4. The fourth-order valence-corrected chi connectivity index (χ4v) is 5.71. The number of rotatable bonds is 7. The Morgan fingerprint density at radius 2 is 1.77 bits per heavy atom. The van der Waals surface area contributed by atoms with Gasteiger partial charge < -0.3 is 9.47 Å². The Morgan fingerprint density at radius 3 is 2.23 bits per heavy atom. The van der Waals surface area contributed by atoms with Crippen LogP contribution in [-0.2, 0) is 19.1 Å². The van der Waals surface area contributed by atoms with E-state index in [1.54, 1.807) is 0 Å². The van der Waals surface area contributed by atoms with Gasteiger partial charge in [0.25, 0.3) is 0 Å². The van der Waals surface area contributed by atoms with E-state index in [4.69, 9.17) is 9.47 Å². The highest BCUT2D eigenvalue weighted by atomic mass is 28.3. The maximum atomic E-state index is 11.4. The number of benzene rings is 1. The molecule has 0 aliphatic heterocycles. The quantitative estimate of drug-likeness (QED) is 0.440. The molecule has 120 valence electrons. The Morgan fingerprint density at radius 1 is 1.18 bits per heavy atom. The Kier molecular flexibility index (Phi) is 6.55. The highest BCUT2D eigenvalue weighted by Crippen LogP contribution is 2.29. The fourth-order valence-electron chi connectivity index (χ4n) is 2.59. The molecule has 5 heteroatoms. The molecule has 2 atom stereocenters. The molecule has 1 rings (SSSR count). The van der Waals surface area contributed by atoms with E-state index in [2.05, 4.69) is 31.8 Å². The lowest BCUT2D eigenvalue weighted by atomic mass is 10.2. The van der Waals surface area contributed by atoms with Gasteiger partial charge >= 0.3 is 11.9 Å². The first-order valence-corrected chi connectivity index (χ1v) is 10.4. The third kappa shape index (κ3) is 4.84. The molecule has 1 aromatic rings. The first kappa shape index (κ1) is 18.2. The van der Waals surface area contributed by atoms with E-state index in [1.807, 2.05) is 24.3 Å². The minimum Gasteiger partial charge on any atom is -0.462 e. The molecule has 22 heavy (non-hydrogen) atoms. The molecule has 4 nitrogen and oxygen atoms in total. The summed E-state index contributed by atoms with van der Waals surface area (Å²) in [6.07, 6.45) is 1.30. The molecule has 0 fully saturated rings. The van der Waals surface area contributed by atoms with Crippen molar-refractivity contribution < 1.29 is 19.1 Å². The van der Waals surface area contributed by atoms with Crippen LogP contribution in [0.3, 0.4) is 0 Å². The average molecular weight is 320 g/mol. The molecule has 0 radical (unpaired) electrons. The third-order valence-corrected chi connectivity index (χ3v) is 7.87. The van der Waals surface area contributed by atoms with E-state index in [0.29, 0.717) is 0 Å². The molecule has 0 saturated carbocycles. The lowest BCUT2D eigenvalue weighted by Gasteiger charge is -2.35. The molecule has 1 aromatic carbocycles. The Balaban J connectivity index is 3.08. The summed E-state index contributed by atoms with van der Waals surface area (Å²) in [7, 11) is -2.00. The van der Waals surface area contributed by atoms with Crippen molar-refractivity contribution in [1.82, 2.24) is 0 Å². The largest absolute Gasteiger partial charge is 0.462 e. The van der Waals surface area contributed by atoms with Gasteiger partial charge in [-0.05, 0) is 0 Å². The van der Waals surface area contributed by atoms with Crippen LogP contribution in [0.1, 0.15) is 13.8 Å². The van der Waals surface area contributed by atoms with Gasteiger partial charge in [0, 0.05) is 19.4 Å². The predicted octanol–water partition coefficient (Wildman–Crippen LogP) is 2.65. The van der Waals surface area contributed by atoms with Crippen molar-refractivity contribution in [1.29, 1.82) is 0 Å². The zero-order valence-corrected chi connectivity index (χ0v) is 14.7. The molecular formula is C17H24O4Si. The second kappa shape index (κ2) is 7.94. The van der Waals surface area contributed by atoms with Crippen molar-refractivity contribution in [3.05, 3.63) is 43.0 Å². The highest BCUT2D eigenvalue weighted by molar-refractivity contribution is 6.91. The highest BCUT2D eigenvalue weighted by Gasteiger charge is 2.39. The van der Waals surface area contributed by atoms with Crippen LogP contribution in [-0.4, -0.2) is 32.7 Å². The summed E-state index contributed by atoms with van der Waals surface area (Å²) in [6, 6.07) is 10.1. The molecule has 0 aromatic heterocycles. The number of hydrogen-bond donors (Lipinski definition) is 0. The van der Waals surface area contributed by atoms with E-state index in [-0.39, 0.29) is 24.1 Å². The van der Waals surface area contributed by atoms with Crippen LogP contribution in [0, 0.1) is 0 Å². The molecule has 0 aliphatic rings. The van der Waals surface area contributed by atoms with E-state index in [1.165, 1.54) is 19.0 Å². The summed E-state index contributed by atoms with van der Waals surface area (Å²) in [5.74, 6) is -0.777. The predicted molar refractivity (Wildman–Crippen MR) is 89.7 cm³/mol. The fraction of sp³-hybridized carbons (Fsp3) is 0.412. The first-order chi connectivity index (χ1) is 10.3. The van der Waals surface area contributed by atoms with Crippen LogP contribution >= 0.6 is 0 Å². The molecule has 0 unspecified atom stereocenters. The first-order valence-electron chi connectivity index (χ1n) is 7.27. The van der Waals surface area contributed by atoms with E-state index in [9.17, 15) is 9.59 Å². The Labute approximate surface area is 133 Å². The average Bonchev–Trinajstić information content (AvgIpc) is 2.45. The molecule has 0 N–H and O–H groups in total. The van der Waals surface area contributed by atoms with Gasteiger partial charge in [0.05, 0.1) is 8.07 Å². The zero-order chi connectivity index (χ0) is 16.8. The van der Waals surface area contributed by atoms with E-state index in [0.717, 1.165) is 0 Å².